The van der Waals surface area contributed by atoms with Gasteiger partial charge in [0.2, 0.25) is 5.91 Å². The summed E-state index contributed by atoms with van der Waals surface area (Å²) in [4.78, 5) is 18.7. The highest BCUT2D eigenvalue weighted by molar-refractivity contribution is 7.91. The van der Waals surface area contributed by atoms with E-state index in [1.165, 1.54) is 5.56 Å². The molecule has 0 bridgehead atoms. The lowest BCUT2D eigenvalue weighted by Gasteiger charge is -2.30. The Labute approximate surface area is 180 Å². The first-order valence-corrected chi connectivity index (χ1v) is 12.4. The van der Waals surface area contributed by atoms with Crippen molar-refractivity contribution in [3.05, 3.63) is 35.9 Å². The second-order valence-corrected chi connectivity index (χ2v) is 9.67. The number of amides is 1. The van der Waals surface area contributed by atoms with Gasteiger partial charge in [-0.05, 0) is 25.1 Å². The van der Waals surface area contributed by atoms with Crippen molar-refractivity contribution in [2.24, 2.45) is 4.99 Å². The van der Waals surface area contributed by atoms with Gasteiger partial charge in [-0.2, -0.15) is 0 Å². The van der Waals surface area contributed by atoms with E-state index in [-0.39, 0.29) is 35.9 Å². The van der Waals surface area contributed by atoms with Crippen molar-refractivity contribution in [1.29, 1.82) is 0 Å². The molecule has 2 atom stereocenters. The molecule has 0 saturated carbocycles. The Morgan fingerprint density at radius 1 is 1.20 bits per heavy atom. The number of carbonyl (C=O) groups excluding carboxylic acids is 1. The molecule has 8 nitrogen and oxygen atoms in total. The zero-order valence-corrected chi connectivity index (χ0v) is 19.0. The predicted molar refractivity (Wildman–Crippen MR) is 121 cm³/mol. The average Bonchev–Trinajstić information content (AvgIpc) is 3.08. The summed E-state index contributed by atoms with van der Waals surface area (Å²) in [5.41, 5.74) is 1.25. The molecule has 1 saturated heterocycles. The summed E-state index contributed by atoms with van der Waals surface area (Å²) in [5.74, 6) is 0.688. The summed E-state index contributed by atoms with van der Waals surface area (Å²) in [6, 6.07) is 10.3. The molecule has 0 aromatic heterocycles. The van der Waals surface area contributed by atoms with E-state index in [2.05, 4.69) is 51.8 Å². The second-order valence-electron chi connectivity index (χ2n) is 7.45. The van der Waals surface area contributed by atoms with Crippen LogP contribution in [-0.4, -0.2) is 76.0 Å². The summed E-state index contributed by atoms with van der Waals surface area (Å²) in [7, 11) is -1.29. The summed E-state index contributed by atoms with van der Waals surface area (Å²) in [5, 5.41) is 9.33. The van der Waals surface area contributed by atoms with E-state index in [9.17, 15) is 13.2 Å². The smallest absolute Gasteiger partial charge is 0.222 e. The number of benzene rings is 1. The molecule has 0 aliphatic carbocycles. The van der Waals surface area contributed by atoms with Crippen molar-refractivity contribution < 1.29 is 13.2 Å². The number of aliphatic imine (C=N–C) groups is 1. The minimum atomic E-state index is -2.99. The molecule has 2 unspecified atom stereocenters. The van der Waals surface area contributed by atoms with Crippen LogP contribution in [0.2, 0.25) is 0 Å². The van der Waals surface area contributed by atoms with Crippen LogP contribution < -0.4 is 16.0 Å². The molecule has 1 aliphatic rings. The van der Waals surface area contributed by atoms with Crippen molar-refractivity contribution in [3.8, 4) is 0 Å². The first kappa shape index (κ1) is 24.1. The quantitative estimate of drug-likeness (QED) is 0.372. The van der Waals surface area contributed by atoms with Gasteiger partial charge in [0.15, 0.2) is 15.8 Å². The van der Waals surface area contributed by atoms with Crippen LogP contribution in [0.25, 0.3) is 0 Å². The van der Waals surface area contributed by atoms with Gasteiger partial charge in [0.25, 0.3) is 0 Å². The van der Waals surface area contributed by atoms with E-state index in [1.807, 2.05) is 18.2 Å². The molecule has 3 N–H and O–H groups in total. The van der Waals surface area contributed by atoms with Gasteiger partial charge >= 0.3 is 0 Å². The SMILES string of the molecule is CCN(CC)C(CNC(=NC)NCCC(=O)NC1CCS(=O)(=O)C1)c1ccccc1. The van der Waals surface area contributed by atoms with Crippen LogP contribution in [0.4, 0.5) is 0 Å². The number of rotatable bonds is 10. The number of nitrogens with one attached hydrogen (secondary N) is 3. The maximum atomic E-state index is 12.1. The second kappa shape index (κ2) is 11.9. The summed E-state index contributed by atoms with van der Waals surface area (Å²) >= 11 is 0. The van der Waals surface area contributed by atoms with Gasteiger partial charge in [-0.3, -0.25) is 14.7 Å². The van der Waals surface area contributed by atoms with Crippen LogP contribution >= 0.6 is 0 Å². The van der Waals surface area contributed by atoms with E-state index in [1.54, 1.807) is 7.05 Å². The van der Waals surface area contributed by atoms with E-state index in [4.69, 9.17) is 0 Å². The summed E-state index contributed by atoms with van der Waals surface area (Å²) in [6.07, 6.45) is 0.756. The van der Waals surface area contributed by atoms with Crippen molar-refractivity contribution in [2.75, 3.05) is 44.7 Å². The highest BCUT2D eigenvalue weighted by Crippen LogP contribution is 2.19. The molecule has 1 heterocycles. The molecule has 0 radical (unpaired) electrons. The molecule has 1 aliphatic heterocycles. The highest BCUT2D eigenvalue weighted by atomic mass is 32.2. The maximum absolute atomic E-state index is 12.1. The Hall–Kier alpha value is -2.13. The largest absolute Gasteiger partial charge is 0.356 e. The molecule has 30 heavy (non-hydrogen) atoms. The standard InChI is InChI=1S/C21H35N5O3S/c1-4-26(5-2)19(17-9-7-6-8-10-17)15-24-21(22-3)23-13-11-20(27)25-18-12-14-30(28,29)16-18/h6-10,18-19H,4-5,11-16H2,1-3H3,(H,25,27)(H2,22,23,24). The molecule has 1 fully saturated rings. The molecular formula is C21H35N5O3S. The van der Waals surface area contributed by atoms with Crippen molar-refractivity contribution in [1.82, 2.24) is 20.9 Å². The molecule has 1 aromatic rings. The average molecular weight is 438 g/mol. The van der Waals surface area contributed by atoms with Crippen LogP contribution in [0.5, 0.6) is 0 Å². The van der Waals surface area contributed by atoms with Gasteiger partial charge in [0.1, 0.15) is 0 Å². The van der Waals surface area contributed by atoms with Gasteiger partial charge in [-0.15, -0.1) is 0 Å². The topological polar surface area (TPSA) is 103 Å². The third kappa shape index (κ3) is 7.60. The number of hydrogen-bond donors (Lipinski definition) is 3. The predicted octanol–water partition coefficient (Wildman–Crippen LogP) is 0.928. The van der Waals surface area contributed by atoms with Crippen LogP contribution in [-0.2, 0) is 14.6 Å². The van der Waals surface area contributed by atoms with Gasteiger partial charge in [0, 0.05) is 32.6 Å². The monoisotopic (exact) mass is 437 g/mol. The number of sulfone groups is 1. The maximum Gasteiger partial charge on any atom is 0.222 e. The van der Waals surface area contributed by atoms with Crippen molar-refractivity contribution in [3.63, 3.8) is 0 Å². The number of likely N-dealkylation sites (N-methyl/N-ethyl adjacent to an activating group) is 1. The van der Waals surface area contributed by atoms with Gasteiger partial charge in [0.05, 0.1) is 17.5 Å². The normalized spacial score (nSPS) is 19.5. The number of guanidine groups is 1. The lowest BCUT2D eigenvalue weighted by atomic mass is 10.1. The Kier molecular flexibility index (Phi) is 9.58. The fourth-order valence-corrected chi connectivity index (χ4v) is 5.39. The minimum Gasteiger partial charge on any atom is -0.356 e. The third-order valence-electron chi connectivity index (χ3n) is 5.37. The zero-order valence-electron chi connectivity index (χ0n) is 18.2. The summed E-state index contributed by atoms with van der Waals surface area (Å²) in [6.45, 7) is 7.31. The van der Waals surface area contributed by atoms with Gasteiger partial charge in [-0.25, -0.2) is 8.42 Å². The minimum absolute atomic E-state index is 0.0433. The Balaban J connectivity index is 1.80. The molecule has 9 heteroatoms. The lowest BCUT2D eigenvalue weighted by molar-refractivity contribution is -0.121. The van der Waals surface area contributed by atoms with E-state index in [0.29, 0.717) is 25.5 Å². The summed E-state index contributed by atoms with van der Waals surface area (Å²) < 4.78 is 23.0. The third-order valence-corrected chi connectivity index (χ3v) is 7.13. The van der Waals surface area contributed by atoms with E-state index in [0.717, 1.165) is 13.1 Å². The van der Waals surface area contributed by atoms with Crippen LogP contribution in [0.3, 0.4) is 0 Å². The van der Waals surface area contributed by atoms with E-state index < -0.39 is 9.84 Å². The fourth-order valence-electron chi connectivity index (χ4n) is 3.71. The Bertz CT molecular complexity index is 794. The number of carbonyl (C=O) groups is 1. The number of nitrogens with zero attached hydrogens (tertiary/aromatic N) is 2. The Morgan fingerprint density at radius 3 is 2.47 bits per heavy atom. The first-order valence-electron chi connectivity index (χ1n) is 10.6. The number of hydrogen-bond acceptors (Lipinski definition) is 5. The Morgan fingerprint density at radius 2 is 1.90 bits per heavy atom. The first-order chi connectivity index (χ1) is 14.4. The lowest BCUT2D eigenvalue weighted by Crippen LogP contribution is -2.44. The van der Waals surface area contributed by atoms with E-state index >= 15 is 0 Å². The van der Waals surface area contributed by atoms with Gasteiger partial charge in [-0.1, -0.05) is 44.2 Å². The van der Waals surface area contributed by atoms with Crippen LogP contribution in [0.1, 0.15) is 38.3 Å². The molecule has 1 aromatic carbocycles. The zero-order chi connectivity index (χ0) is 22.0. The van der Waals surface area contributed by atoms with Crippen LogP contribution in [0, 0.1) is 0 Å². The van der Waals surface area contributed by atoms with Gasteiger partial charge < -0.3 is 16.0 Å². The van der Waals surface area contributed by atoms with Crippen molar-refractivity contribution >= 4 is 21.7 Å². The molecule has 168 valence electrons. The molecular weight excluding hydrogens is 402 g/mol. The fraction of sp³-hybridized carbons (Fsp3) is 0.619. The van der Waals surface area contributed by atoms with Crippen molar-refractivity contribution in [2.45, 2.75) is 38.8 Å². The molecule has 0 spiro atoms. The highest BCUT2D eigenvalue weighted by Gasteiger charge is 2.28. The molecule has 2 rings (SSSR count). The van der Waals surface area contributed by atoms with Crippen LogP contribution in [0.15, 0.2) is 35.3 Å². The molecule has 1 amide bonds.